The van der Waals surface area contributed by atoms with E-state index in [9.17, 15) is 18.0 Å². The van der Waals surface area contributed by atoms with Crippen LogP contribution >= 0.6 is 11.6 Å². The largest absolute Gasteiger partial charge is 0.452 e. The first kappa shape index (κ1) is 22.3. The van der Waals surface area contributed by atoms with E-state index in [1.54, 1.807) is 4.90 Å². The van der Waals surface area contributed by atoms with Gasteiger partial charge >= 0.3 is 5.97 Å². The Morgan fingerprint density at radius 1 is 1.10 bits per heavy atom. The molecule has 0 atom stereocenters. The summed E-state index contributed by atoms with van der Waals surface area (Å²) in [6, 6.07) is 13.0. The molecule has 1 saturated heterocycles. The molecule has 0 radical (unpaired) electrons. The summed E-state index contributed by atoms with van der Waals surface area (Å²) in [5.41, 5.74) is 0.734. The normalized spacial score (nSPS) is 14.2. The van der Waals surface area contributed by atoms with Crippen molar-refractivity contribution in [1.82, 2.24) is 9.21 Å². The molecule has 0 aliphatic carbocycles. The number of carbonyl (C=O) groups excluding carboxylic acids is 2. The zero-order valence-electron chi connectivity index (χ0n) is 16.6. The van der Waals surface area contributed by atoms with Crippen LogP contribution in [0, 0.1) is 0 Å². The van der Waals surface area contributed by atoms with Gasteiger partial charge in [-0.15, -0.1) is 0 Å². The van der Waals surface area contributed by atoms with Crippen LogP contribution < -0.4 is 0 Å². The van der Waals surface area contributed by atoms with E-state index in [4.69, 9.17) is 16.3 Å². The summed E-state index contributed by atoms with van der Waals surface area (Å²) in [5, 5.41) is 0.0540. The van der Waals surface area contributed by atoms with Gasteiger partial charge in [0.1, 0.15) is 0 Å². The molecule has 0 unspecified atom stereocenters. The highest BCUT2D eigenvalue weighted by Crippen LogP contribution is 2.24. The topological polar surface area (TPSA) is 84.0 Å². The Balaban J connectivity index is 1.73. The SMILES string of the molecule is CN(Cc1ccccc1)S(=O)(=O)c1ccc(Cl)c(C(=O)OCC(=O)N2CCCC2)c1. The lowest BCUT2D eigenvalue weighted by atomic mass is 10.2. The van der Waals surface area contributed by atoms with Crippen molar-refractivity contribution in [2.45, 2.75) is 24.3 Å². The maximum Gasteiger partial charge on any atom is 0.340 e. The third kappa shape index (κ3) is 5.19. The summed E-state index contributed by atoms with van der Waals surface area (Å²) in [4.78, 5) is 26.1. The van der Waals surface area contributed by atoms with Crippen molar-refractivity contribution in [1.29, 1.82) is 0 Å². The van der Waals surface area contributed by atoms with Crippen LogP contribution in [0.15, 0.2) is 53.4 Å². The molecular formula is C21H23ClN2O5S. The first-order valence-corrected chi connectivity index (χ1v) is 11.4. The number of hydrogen-bond donors (Lipinski definition) is 0. The first-order chi connectivity index (χ1) is 14.3. The van der Waals surface area contributed by atoms with Gasteiger partial charge in [-0.05, 0) is 36.6 Å². The van der Waals surface area contributed by atoms with Gasteiger partial charge in [0.2, 0.25) is 10.0 Å². The highest BCUT2D eigenvalue weighted by atomic mass is 35.5. The number of halogens is 1. The molecule has 9 heteroatoms. The van der Waals surface area contributed by atoms with Gasteiger partial charge < -0.3 is 9.64 Å². The quantitative estimate of drug-likeness (QED) is 0.605. The molecule has 160 valence electrons. The van der Waals surface area contributed by atoms with Crippen LogP contribution in [0.25, 0.3) is 0 Å². The minimum absolute atomic E-state index is 0.0540. The maximum absolute atomic E-state index is 12.9. The fourth-order valence-corrected chi connectivity index (χ4v) is 4.57. The molecule has 0 N–H and O–H groups in total. The zero-order valence-corrected chi connectivity index (χ0v) is 18.2. The molecule has 0 bridgehead atoms. The number of carbonyl (C=O) groups is 2. The average Bonchev–Trinajstić information content (AvgIpc) is 3.27. The second-order valence-corrected chi connectivity index (χ2v) is 9.50. The Morgan fingerprint density at radius 3 is 2.43 bits per heavy atom. The third-order valence-electron chi connectivity index (χ3n) is 4.90. The molecule has 0 saturated carbocycles. The molecule has 2 aromatic rings. The average molecular weight is 451 g/mol. The van der Waals surface area contributed by atoms with E-state index in [0.29, 0.717) is 13.1 Å². The number of amides is 1. The highest BCUT2D eigenvalue weighted by Gasteiger charge is 2.25. The van der Waals surface area contributed by atoms with Gasteiger partial charge in [0, 0.05) is 26.7 Å². The molecule has 1 fully saturated rings. The van der Waals surface area contributed by atoms with Crippen molar-refractivity contribution in [3.63, 3.8) is 0 Å². The van der Waals surface area contributed by atoms with Crippen molar-refractivity contribution in [2.24, 2.45) is 0 Å². The van der Waals surface area contributed by atoms with Gasteiger partial charge in [0.25, 0.3) is 5.91 Å². The lowest BCUT2D eigenvalue weighted by Gasteiger charge is -2.18. The summed E-state index contributed by atoms with van der Waals surface area (Å²) in [6.45, 7) is 1.08. The van der Waals surface area contributed by atoms with E-state index in [-0.39, 0.29) is 27.9 Å². The molecule has 1 aliphatic rings. The number of benzene rings is 2. The van der Waals surface area contributed by atoms with Gasteiger partial charge in [0.05, 0.1) is 15.5 Å². The number of esters is 1. The standard InChI is InChI=1S/C21H23ClN2O5S/c1-23(14-16-7-3-2-4-8-16)30(27,28)17-9-10-19(22)18(13-17)21(26)29-15-20(25)24-11-5-6-12-24/h2-4,7-10,13H,5-6,11-12,14-15H2,1H3. The first-order valence-electron chi connectivity index (χ1n) is 9.54. The summed E-state index contributed by atoms with van der Waals surface area (Å²) in [6.07, 6.45) is 1.86. The fraction of sp³-hybridized carbons (Fsp3) is 0.333. The summed E-state index contributed by atoms with van der Waals surface area (Å²) in [5.74, 6) is -1.11. The third-order valence-corrected chi connectivity index (χ3v) is 7.03. The van der Waals surface area contributed by atoms with Crippen molar-refractivity contribution in [2.75, 3.05) is 26.7 Å². The van der Waals surface area contributed by atoms with Gasteiger partial charge in [-0.25, -0.2) is 13.2 Å². The summed E-state index contributed by atoms with van der Waals surface area (Å²) in [7, 11) is -2.40. The Bertz CT molecular complexity index is 1020. The van der Waals surface area contributed by atoms with Crippen LogP contribution in [0.2, 0.25) is 5.02 Å². The Kier molecular flexibility index (Phi) is 7.12. The smallest absolute Gasteiger partial charge is 0.340 e. The maximum atomic E-state index is 12.9. The molecule has 0 spiro atoms. The number of hydrogen-bond acceptors (Lipinski definition) is 5. The number of ether oxygens (including phenoxy) is 1. The Hall–Kier alpha value is -2.42. The number of sulfonamides is 1. The molecule has 1 heterocycles. The predicted octanol–water partition coefficient (Wildman–Crippen LogP) is 2.94. The van der Waals surface area contributed by atoms with Crippen LogP contribution in [0.5, 0.6) is 0 Å². The molecule has 0 aromatic heterocycles. The summed E-state index contributed by atoms with van der Waals surface area (Å²) < 4.78 is 32.1. The number of rotatable bonds is 7. The van der Waals surface area contributed by atoms with E-state index < -0.39 is 22.6 Å². The van der Waals surface area contributed by atoms with E-state index >= 15 is 0 Å². The second-order valence-electron chi connectivity index (χ2n) is 7.05. The van der Waals surface area contributed by atoms with Crippen LogP contribution in [-0.2, 0) is 26.1 Å². The van der Waals surface area contributed by atoms with E-state index in [1.807, 2.05) is 30.3 Å². The van der Waals surface area contributed by atoms with Crippen LogP contribution in [0.4, 0.5) is 0 Å². The molecule has 1 amide bonds. The second kappa shape index (κ2) is 9.59. The van der Waals surface area contributed by atoms with Crippen LogP contribution in [-0.4, -0.2) is 56.2 Å². The lowest BCUT2D eigenvalue weighted by Crippen LogP contribution is -2.32. The van der Waals surface area contributed by atoms with Crippen molar-refractivity contribution >= 4 is 33.5 Å². The van der Waals surface area contributed by atoms with E-state index in [1.165, 1.54) is 29.6 Å². The molecule has 7 nitrogen and oxygen atoms in total. The minimum Gasteiger partial charge on any atom is -0.452 e. The monoisotopic (exact) mass is 450 g/mol. The Labute approximate surface area is 181 Å². The lowest BCUT2D eigenvalue weighted by molar-refractivity contribution is -0.133. The summed E-state index contributed by atoms with van der Waals surface area (Å²) >= 11 is 6.09. The molecule has 2 aromatic carbocycles. The van der Waals surface area contributed by atoms with E-state index in [0.717, 1.165) is 18.4 Å². The fourth-order valence-electron chi connectivity index (χ4n) is 3.19. The van der Waals surface area contributed by atoms with Gasteiger partial charge in [-0.1, -0.05) is 41.9 Å². The van der Waals surface area contributed by atoms with Crippen LogP contribution in [0.1, 0.15) is 28.8 Å². The Morgan fingerprint density at radius 2 is 1.77 bits per heavy atom. The number of likely N-dealkylation sites (tertiary alicyclic amines) is 1. The van der Waals surface area contributed by atoms with Gasteiger partial charge in [-0.2, -0.15) is 4.31 Å². The van der Waals surface area contributed by atoms with Crippen molar-refractivity contribution in [3.05, 3.63) is 64.7 Å². The van der Waals surface area contributed by atoms with Gasteiger partial charge in [0.15, 0.2) is 6.61 Å². The zero-order chi connectivity index (χ0) is 21.7. The molecule has 1 aliphatic heterocycles. The molecule has 3 rings (SSSR count). The molecular weight excluding hydrogens is 428 g/mol. The van der Waals surface area contributed by atoms with Crippen molar-refractivity contribution in [3.8, 4) is 0 Å². The highest BCUT2D eigenvalue weighted by molar-refractivity contribution is 7.89. The van der Waals surface area contributed by atoms with Crippen LogP contribution in [0.3, 0.4) is 0 Å². The van der Waals surface area contributed by atoms with Crippen molar-refractivity contribution < 1.29 is 22.7 Å². The predicted molar refractivity (Wildman–Crippen MR) is 113 cm³/mol. The minimum atomic E-state index is -3.86. The molecule has 30 heavy (non-hydrogen) atoms. The van der Waals surface area contributed by atoms with E-state index in [2.05, 4.69) is 0 Å². The number of nitrogens with zero attached hydrogens (tertiary/aromatic N) is 2. The van der Waals surface area contributed by atoms with Gasteiger partial charge in [-0.3, -0.25) is 4.79 Å².